The Balaban J connectivity index is 1.80. The fourth-order valence-electron chi connectivity index (χ4n) is 5.21. The maximum Gasteiger partial charge on any atom is 0.311 e. The van der Waals surface area contributed by atoms with E-state index in [-0.39, 0.29) is 36.2 Å². The van der Waals surface area contributed by atoms with Gasteiger partial charge in [0.25, 0.3) is 0 Å². The van der Waals surface area contributed by atoms with Crippen LogP contribution >= 0.6 is 11.8 Å². The normalized spacial score (nSPS) is 35.7. The van der Waals surface area contributed by atoms with Crippen LogP contribution in [0.4, 0.5) is 0 Å². The molecule has 0 saturated carbocycles. The molecule has 2 saturated heterocycles. The molecule has 5 atom stereocenters. The fraction of sp³-hybridized carbons (Fsp3) is 0.682. The fourth-order valence-corrected chi connectivity index (χ4v) is 7.21. The number of carbonyl (C=O) groups is 3. The van der Waals surface area contributed by atoms with Crippen LogP contribution in [0.3, 0.4) is 0 Å². The Morgan fingerprint density at radius 1 is 1.20 bits per heavy atom. The minimum Gasteiger partial charge on any atom is -0.461 e. The number of hydrogen-bond acceptors (Lipinski definition) is 6. The lowest BCUT2D eigenvalue weighted by Crippen LogP contribution is -2.57. The summed E-state index contributed by atoms with van der Waals surface area (Å²) in [5.41, 5.74) is -0.392. The van der Waals surface area contributed by atoms with Crippen molar-refractivity contribution >= 4 is 29.5 Å². The van der Waals surface area contributed by atoms with Gasteiger partial charge in [0.2, 0.25) is 11.8 Å². The van der Waals surface area contributed by atoms with E-state index in [2.05, 4.69) is 0 Å². The lowest BCUT2D eigenvalue weighted by atomic mass is 9.78. The van der Waals surface area contributed by atoms with Gasteiger partial charge in [0.1, 0.15) is 12.6 Å². The number of unbranched alkanes of at least 4 members (excludes halogenated alkanes) is 1. The number of aliphatic hydroxyl groups is 1. The number of thioether (sulfide) groups is 1. The van der Waals surface area contributed by atoms with Crippen molar-refractivity contribution in [2.24, 2.45) is 11.8 Å². The van der Waals surface area contributed by atoms with Crippen molar-refractivity contribution in [1.82, 2.24) is 9.80 Å². The molecular formula is C22H30N2O5S. The van der Waals surface area contributed by atoms with E-state index in [9.17, 15) is 19.5 Å². The Hall–Kier alpha value is -1.80. The summed E-state index contributed by atoms with van der Waals surface area (Å²) in [5.74, 6) is -1.80. The molecule has 30 heavy (non-hydrogen) atoms. The Kier molecular flexibility index (Phi) is 5.51. The van der Waals surface area contributed by atoms with Crippen LogP contribution in [0.5, 0.6) is 0 Å². The number of likely N-dealkylation sites (tertiary alicyclic amines) is 1. The highest BCUT2D eigenvalue weighted by molar-refractivity contribution is 8.02. The highest BCUT2D eigenvalue weighted by atomic mass is 32.2. The average molecular weight is 435 g/mol. The minimum atomic E-state index is -0.788. The molecule has 4 aliphatic heterocycles. The van der Waals surface area contributed by atoms with Crippen LogP contribution in [0.25, 0.3) is 0 Å². The maximum atomic E-state index is 13.8. The van der Waals surface area contributed by atoms with Gasteiger partial charge >= 0.3 is 5.97 Å². The lowest BCUT2D eigenvalue weighted by Gasteiger charge is -2.40. The van der Waals surface area contributed by atoms with E-state index in [1.165, 1.54) is 0 Å². The van der Waals surface area contributed by atoms with E-state index in [1.807, 2.05) is 50.0 Å². The number of nitrogens with zero attached hydrogens (tertiary/aromatic N) is 2. The molecule has 1 N–H and O–H groups in total. The summed E-state index contributed by atoms with van der Waals surface area (Å²) in [6.07, 6.45) is 8.94. The Labute approximate surface area is 181 Å². The third-order valence-electron chi connectivity index (χ3n) is 6.53. The molecule has 4 aliphatic rings. The molecule has 0 bridgehead atoms. The van der Waals surface area contributed by atoms with Crippen LogP contribution in [0.2, 0.25) is 0 Å². The average Bonchev–Trinajstić information content (AvgIpc) is 2.95. The molecule has 0 aliphatic carbocycles. The van der Waals surface area contributed by atoms with Crippen molar-refractivity contribution in [2.75, 3.05) is 26.3 Å². The number of fused-ring (bicyclic) bond motifs is 2. The molecule has 2 amide bonds. The Morgan fingerprint density at radius 3 is 2.67 bits per heavy atom. The van der Waals surface area contributed by atoms with Crippen molar-refractivity contribution in [3.63, 3.8) is 0 Å². The standard InChI is InChI=1S/C22H30N2O5S/c1-21(2,3)24-11-7-9-22-16(15-14(30-22)8-6-13-29-20(15)28)18(26)23(10-4-5-12-25)17(22)19(24)27/h6-9,14-17,25H,4-5,10-13H2,1-3H3/t14-,15+,16+,17?,22+/m1/s1. The third kappa shape index (κ3) is 3.19. The molecule has 8 heteroatoms. The number of rotatable bonds is 4. The number of amides is 2. The second-order valence-corrected chi connectivity index (χ2v) is 10.9. The van der Waals surface area contributed by atoms with E-state index >= 15 is 0 Å². The molecule has 0 aromatic heterocycles. The molecular weight excluding hydrogens is 404 g/mol. The molecule has 0 aromatic carbocycles. The van der Waals surface area contributed by atoms with E-state index < -0.39 is 28.2 Å². The molecule has 0 aromatic rings. The smallest absolute Gasteiger partial charge is 0.311 e. The summed E-state index contributed by atoms with van der Waals surface area (Å²) < 4.78 is 4.57. The van der Waals surface area contributed by atoms with Crippen LogP contribution < -0.4 is 0 Å². The van der Waals surface area contributed by atoms with Gasteiger partial charge in [-0.05, 0) is 33.6 Å². The summed E-state index contributed by atoms with van der Waals surface area (Å²) >= 11 is 1.56. The second-order valence-electron chi connectivity index (χ2n) is 9.38. The molecule has 1 unspecified atom stereocenters. The molecule has 4 rings (SSSR count). The van der Waals surface area contributed by atoms with Crippen molar-refractivity contribution in [3.05, 3.63) is 24.3 Å². The maximum absolute atomic E-state index is 13.8. The first-order valence-electron chi connectivity index (χ1n) is 10.6. The predicted octanol–water partition coefficient (Wildman–Crippen LogP) is 1.37. The van der Waals surface area contributed by atoms with Crippen molar-refractivity contribution < 1.29 is 24.2 Å². The minimum absolute atomic E-state index is 0.0415. The van der Waals surface area contributed by atoms with Gasteiger partial charge in [-0.15, -0.1) is 11.8 Å². The Morgan fingerprint density at radius 2 is 1.97 bits per heavy atom. The molecule has 1 spiro atoms. The monoisotopic (exact) mass is 434 g/mol. The highest BCUT2D eigenvalue weighted by Gasteiger charge is 2.71. The quantitative estimate of drug-likeness (QED) is 0.409. The summed E-state index contributed by atoms with van der Waals surface area (Å²) in [6, 6.07) is -0.662. The van der Waals surface area contributed by atoms with Gasteiger partial charge in [-0.3, -0.25) is 14.4 Å². The van der Waals surface area contributed by atoms with Crippen LogP contribution in [-0.2, 0) is 19.1 Å². The first-order chi connectivity index (χ1) is 14.2. The summed E-state index contributed by atoms with van der Waals surface area (Å²) in [4.78, 5) is 43.8. The number of cyclic esters (lactones) is 1. The van der Waals surface area contributed by atoms with Crippen LogP contribution in [0, 0.1) is 11.8 Å². The topological polar surface area (TPSA) is 87.2 Å². The van der Waals surface area contributed by atoms with Crippen LogP contribution in [-0.4, -0.2) is 80.6 Å². The van der Waals surface area contributed by atoms with E-state index in [1.54, 1.807) is 16.7 Å². The van der Waals surface area contributed by atoms with Crippen LogP contribution in [0.1, 0.15) is 33.6 Å². The third-order valence-corrected chi connectivity index (χ3v) is 8.27. The first kappa shape index (κ1) is 21.4. The molecule has 2 fully saturated rings. The van der Waals surface area contributed by atoms with Gasteiger partial charge in [0.15, 0.2) is 0 Å². The van der Waals surface area contributed by atoms with E-state index in [0.29, 0.717) is 25.9 Å². The largest absolute Gasteiger partial charge is 0.461 e. The lowest BCUT2D eigenvalue weighted by molar-refractivity contribution is -0.151. The number of carbonyl (C=O) groups excluding carboxylic acids is 3. The zero-order valence-electron chi connectivity index (χ0n) is 17.7. The molecule has 164 valence electrons. The van der Waals surface area contributed by atoms with Gasteiger partial charge in [-0.1, -0.05) is 24.3 Å². The van der Waals surface area contributed by atoms with Gasteiger partial charge in [-0.2, -0.15) is 0 Å². The molecule has 0 radical (unpaired) electrons. The highest BCUT2D eigenvalue weighted by Crippen LogP contribution is 2.61. The van der Waals surface area contributed by atoms with E-state index in [0.717, 1.165) is 0 Å². The first-order valence-corrected chi connectivity index (χ1v) is 11.5. The number of ether oxygens (including phenoxy) is 1. The Bertz CT molecular complexity index is 804. The number of aliphatic hydroxyl groups excluding tert-OH is 1. The van der Waals surface area contributed by atoms with Crippen molar-refractivity contribution in [1.29, 1.82) is 0 Å². The molecule has 4 heterocycles. The van der Waals surface area contributed by atoms with Crippen molar-refractivity contribution in [3.8, 4) is 0 Å². The van der Waals surface area contributed by atoms with E-state index in [4.69, 9.17) is 4.74 Å². The SMILES string of the molecule is CC(C)(C)N1CC=C[C@]23S[C@@H]4C=CCOC(=O)[C@@H]4[C@H]2C(=O)N(CCCCO)C3C1=O. The molecule has 7 nitrogen and oxygen atoms in total. The van der Waals surface area contributed by atoms with Gasteiger partial charge < -0.3 is 19.6 Å². The van der Waals surface area contributed by atoms with Gasteiger partial charge in [0, 0.05) is 30.5 Å². The predicted molar refractivity (Wildman–Crippen MR) is 114 cm³/mol. The number of esters is 1. The van der Waals surface area contributed by atoms with Gasteiger partial charge in [-0.25, -0.2) is 0 Å². The summed E-state index contributed by atoms with van der Waals surface area (Å²) in [5, 5.41) is 9.02. The van der Waals surface area contributed by atoms with Gasteiger partial charge in [0.05, 0.1) is 16.6 Å². The number of hydrogen-bond donors (Lipinski definition) is 1. The summed E-state index contributed by atoms with van der Waals surface area (Å²) in [7, 11) is 0. The zero-order valence-corrected chi connectivity index (χ0v) is 18.6. The van der Waals surface area contributed by atoms with Crippen molar-refractivity contribution in [2.45, 2.75) is 55.2 Å². The van der Waals surface area contributed by atoms with Crippen LogP contribution in [0.15, 0.2) is 24.3 Å². The second kappa shape index (κ2) is 7.71. The zero-order chi connectivity index (χ0) is 21.7. The summed E-state index contributed by atoms with van der Waals surface area (Å²) in [6.45, 7) is 7.11.